The van der Waals surface area contributed by atoms with Gasteiger partial charge < -0.3 is 36.8 Å². The number of carbonyl (C=O) groups is 4. The van der Waals surface area contributed by atoms with Gasteiger partial charge in [-0.25, -0.2) is 4.98 Å². The van der Waals surface area contributed by atoms with Gasteiger partial charge in [-0.15, -0.1) is 0 Å². The van der Waals surface area contributed by atoms with Gasteiger partial charge in [0.2, 0.25) is 17.7 Å². The summed E-state index contributed by atoms with van der Waals surface area (Å²) < 4.78 is 0. The number of nitrogens with zero attached hydrogens (tertiary/aromatic N) is 1. The Bertz CT molecular complexity index is 1180. The van der Waals surface area contributed by atoms with E-state index in [1.165, 1.54) is 12.5 Å². The van der Waals surface area contributed by atoms with Crippen LogP contribution in [0.5, 0.6) is 0 Å². The number of nitrogens with two attached hydrogens (primary N) is 1. The molecular weight excluding hydrogens is 474 g/mol. The third kappa shape index (κ3) is 7.07. The van der Waals surface area contributed by atoms with Gasteiger partial charge in [0.05, 0.1) is 12.4 Å². The Kier molecular flexibility index (Phi) is 8.86. The maximum atomic E-state index is 13.2. The summed E-state index contributed by atoms with van der Waals surface area (Å²) in [6.07, 6.45) is 4.82. The van der Waals surface area contributed by atoms with Gasteiger partial charge >= 0.3 is 5.97 Å². The van der Waals surface area contributed by atoms with Crippen molar-refractivity contribution >= 4 is 47.2 Å². The number of hydrogen-bond acceptors (Lipinski definition) is 7. The number of H-pyrrole nitrogens is 2. The molecule has 0 aliphatic rings. The summed E-state index contributed by atoms with van der Waals surface area (Å²) in [7, 11) is 0. The number of benzene rings is 1. The van der Waals surface area contributed by atoms with E-state index < -0.39 is 48.4 Å². The zero-order valence-electron chi connectivity index (χ0n) is 18.7. The Morgan fingerprint density at radius 1 is 1.03 bits per heavy atom. The highest BCUT2D eigenvalue weighted by atomic mass is 32.1. The number of aromatic nitrogens is 3. The van der Waals surface area contributed by atoms with Gasteiger partial charge in [-0.2, -0.15) is 12.6 Å². The quantitative estimate of drug-likeness (QED) is 0.147. The molecular formula is C22H27N7O5S. The maximum Gasteiger partial charge on any atom is 0.322 e. The number of nitrogens with one attached hydrogen (secondary N) is 5. The molecule has 0 bridgehead atoms. The van der Waals surface area contributed by atoms with Crippen molar-refractivity contribution in [3.63, 3.8) is 0 Å². The number of amides is 3. The Morgan fingerprint density at radius 2 is 1.74 bits per heavy atom. The predicted molar refractivity (Wildman–Crippen MR) is 131 cm³/mol. The molecule has 2 aromatic heterocycles. The molecule has 3 rings (SSSR count). The molecule has 13 heteroatoms. The van der Waals surface area contributed by atoms with Crippen LogP contribution < -0.4 is 21.7 Å². The number of aromatic amines is 2. The first-order valence-electron chi connectivity index (χ1n) is 10.8. The van der Waals surface area contributed by atoms with Crippen LogP contribution in [0.2, 0.25) is 0 Å². The van der Waals surface area contributed by atoms with Crippen molar-refractivity contribution in [3.05, 3.63) is 54.2 Å². The number of para-hydroxylation sites is 1. The minimum Gasteiger partial charge on any atom is -0.480 e. The van der Waals surface area contributed by atoms with Crippen molar-refractivity contribution < 1.29 is 24.3 Å². The number of carboxylic acids is 1. The molecule has 8 N–H and O–H groups in total. The minimum atomic E-state index is -1.22. The Balaban J connectivity index is 1.82. The fourth-order valence-electron chi connectivity index (χ4n) is 3.48. The molecule has 0 saturated carbocycles. The molecule has 2 heterocycles. The SMILES string of the molecule is NC(CS)C(=O)NC(Cc1cnc[nH]1)C(=O)NC(Cc1c[nH]c2ccccc12)C(=O)NCC(=O)O. The standard InChI is InChI=1S/C22H27N7O5S/c23-15(10-35)20(32)28-18(6-13-8-24-11-27-13)22(34)29-17(21(33)26-9-19(30)31)5-12-7-25-16-4-2-1-3-14(12)16/h1-4,7-8,11,15,17-18,25,35H,5-6,9-10,23H2,(H,24,27)(H,26,33)(H,28,32)(H,29,34)(H,30,31). The van der Waals surface area contributed by atoms with Gasteiger partial charge in [0.25, 0.3) is 0 Å². The molecule has 186 valence electrons. The van der Waals surface area contributed by atoms with Crippen LogP contribution >= 0.6 is 12.6 Å². The average Bonchev–Trinajstić information content (AvgIpc) is 3.51. The average molecular weight is 502 g/mol. The van der Waals surface area contributed by atoms with Crippen molar-refractivity contribution in [3.8, 4) is 0 Å². The normalized spacial score (nSPS) is 13.5. The number of carbonyl (C=O) groups excluding carboxylic acids is 3. The van der Waals surface area contributed by atoms with Crippen LogP contribution in [0.15, 0.2) is 43.0 Å². The maximum absolute atomic E-state index is 13.2. The second-order valence-corrected chi connectivity index (χ2v) is 8.23. The van der Waals surface area contributed by atoms with Gasteiger partial charge in [-0.1, -0.05) is 18.2 Å². The van der Waals surface area contributed by atoms with E-state index in [1.54, 1.807) is 6.20 Å². The van der Waals surface area contributed by atoms with Crippen molar-refractivity contribution in [1.29, 1.82) is 0 Å². The van der Waals surface area contributed by atoms with E-state index in [2.05, 4.69) is 43.5 Å². The lowest BCUT2D eigenvalue weighted by Crippen LogP contribution is -2.57. The lowest BCUT2D eigenvalue weighted by atomic mass is 10.0. The summed E-state index contributed by atoms with van der Waals surface area (Å²) in [5.74, 6) is -3.05. The van der Waals surface area contributed by atoms with E-state index in [1.807, 2.05) is 24.3 Å². The van der Waals surface area contributed by atoms with Crippen molar-refractivity contribution in [2.75, 3.05) is 12.3 Å². The molecule has 3 amide bonds. The van der Waals surface area contributed by atoms with Crippen molar-refractivity contribution in [2.45, 2.75) is 31.0 Å². The molecule has 0 aliphatic heterocycles. The van der Waals surface area contributed by atoms with Gasteiger partial charge in [-0.3, -0.25) is 19.2 Å². The molecule has 3 unspecified atom stereocenters. The van der Waals surface area contributed by atoms with E-state index in [0.29, 0.717) is 5.69 Å². The number of thiol groups is 1. The first kappa shape index (κ1) is 25.8. The number of rotatable bonds is 12. The van der Waals surface area contributed by atoms with Crippen LogP contribution in [0.4, 0.5) is 0 Å². The zero-order valence-corrected chi connectivity index (χ0v) is 19.5. The van der Waals surface area contributed by atoms with Gasteiger partial charge in [0, 0.05) is 47.6 Å². The molecule has 3 aromatic rings. The highest BCUT2D eigenvalue weighted by Crippen LogP contribution is 2.19. The second kappa shape index (κ2) is 12.0. The summed E-state index contributed by atoms with van der Waals surface area (Å²) in [4.78, 5) is 59.3. The second-order valence-electron chi connectivity index (χ2n) is 7.87. The van der Waals surface area contributed by atoms with Crippen LogP contribution in [0, 0.1) is 0 Å². The van der Waals surface area contributed by atoms with Crippen LogP contribution in [0.25, 0.3) is 10.9 Å². The summed E-state index contributed by atoms with van der Waals surface area (Å²) >= 11 is 4.01. The first-order chi connectivity index (χ1) is 16.8. The molecule has 12 nitrogen and oxygen atoms in total. The minimum absolute atomic E-state index is 0.0629. The lowest BCUT2D eigenvalue weighted by Gasteiger charge is -2.23. The summed E-state index contributed by atoms with van der Waals surface area (Å²) in [5.41, 5.74) is 7.92. The fraction of sp³-hybridized carbons (Fsp3) is 0.318. The largest absolute Gasteiger partial charge is 0.480 e. The van der Waals surface area contributed by atoms with Crippen molar-refractivity contribution in [1.82, 2.24) is 30.9 Å². The van der Waals surface area contributed by atoms with E-state index in [4.69, 9.17) is 10.8 Å². The Hall–Kier alpha value is -3.84. The number of carboxylic acid groups (broad SMARTS) is 1. The highest BCUT2D eigenvalue weighted by molar-refractivity contribution is 7.80. The van der Waals surface area contributed by atoms with Gasteiger partial charge in [0.15, 0.2) is 0 Å². The molecule has 0 radical (unpaired) electrons. The highest BCUT2D eigenvalue weighted by Gasteiger charge is 2.29. The van der Waals surface area contributed by atoms with Crippen LogP contribution in [0.3, 0.4) is 0 Å². The third-order valence-electron chi connectivity index (χ3n) is 5.29. The summed E-state index contributed by atoms with van der Waals surface area (Å²) in [6, 6.07) is 4.33. The number of fused-ring (bicyclic) bond motifs is 1. The van der Waals surface area contributed by atoms with Crippen LogP contribution in [-0.2, 0) is 32.0 Å². The molecule has 0 fully saturated rings. The van der Waals surface area contributed by atoms with Crippen molar-refractivity contribution in [2.24, 2.45) is 5.73 Å². The number of imidazole rings is 1. The van der Waals surface area contributed by atoms with E-state index >= 15 is 0 Å². The van der Waals surface area contributed by atoms with Gasteiger partial charge in [0.1, 0.15) is 18.6 Å². The van der Waals surface area contributed by atoms with Crippen LogP contribution in [0.1, 0.15) is 11.3 Å². The lowest BCUT2D eigenvalue weighted by molar-refractivity contribution is -0.138. The topological polar surface area (TPSA) is 195 Å². The third-order valence-corrected chi connectivity index (χ3v) is 5.68. The smallest absolute Gasteiger partial charge is 0.322 e. The molecule has 35 heavy (non-hydrogen) atoms. The molecule has 0 aliphatic carbocycles. The fourth-order valence-corrected chi connectivity index (χ4v) is 3.64. The van der Waals surface area contributed by atoms with E-state index in [0.717, 1.165) is 16.5 Å². The molecule has 3 atom stereocenters. The number of hydrogen-bond donors (Lipinski definition) is 8. The number of aliphatic carboxylic acids is 1. The van der Waals surface area contributed by atoms with Crippen LogP contribution in [-0.4, -0.2) is 74.2 Å². The van der Waals surface area contributed by atoms with E-state index in [9.17, 15) is 19.2 Å². The summed E-state index contributed by atoms with van der Waals surface area (Å²) in [5, 5.41) is 17.3. The Labute approximate surface area is 205 Å². The molecule has 1 aromatic carbocycles. The summed E-state index contributed by atoms with van der Waals surface area (Å²) in [6.45, 7) is -0.607. The van der Waals surface area contributed by atoms with Gasteiger partial charge in [-0.05, 0) is 11.6 Å². The Morgan fingerprint density at radius 3 is 2.43 bits per heavy atom. The molecule has 0 spiro atoms. The first-order valence-corrected chi connectivity index (χ1v) is 11.4. The zero-order chi connectivity index (χ0) is 25.4. The predicted octanol–water partition coefficient (Wildman–Crippen LogP) is -0.896. The van der Waals surface area contributed by atoms with E-state index in [-0.39, 0.29) is 18.6 Å². The monoisotopic (exact) mass is 501 g/mol. The molecule has 0 saturated heterocycles.